The maximum Gasteiger partial charge on any atom is 0.135 e. The van der Waals surface area contributed by atoms with Crippen molar-refractivity contribution in [2.75, 3.05) is 0 Å². The first kappa shape index (κ1) is 17.8. The van der Waals surface area contributed by atoms with Crippen LogP contribution >= 0.6 is 0 Å². The second-order valence-corrected chi connectivity index (χ2v) is 9.37. The molecule has 0 fully saturated rings. The van der Waals surface area contributed by atoms with E-state index in [1.165, 1.54) is 49.7 Å². The van der Waals surface area contributed by atoms with Crippen molar-refractivity contribution in [2.45, 2.75) is 19.3 Å². The molecule has 0 saturated heterocycles. The number of fused-ring (bicyclic) bond motifs is 5. The highest BCUT2D eigenvalue weighted by molar-refractivity contribution is 6.10. The maximum atomic E-state index is 6.29. The van der Waals surface area contributed by atoms with Gasteiger partial charge in [-0.1, -0.05) is 92.7 Å². The largest absolute Gasteiger partial charge is 0.456 e. The molecule has 0 atom stereocenters. The highest BCUT2D eigenvalue weighted by Gasteiger charge is 2.35. The molecule has 0 saturated carbocycles. The number of benzene rings is 5. The summed E-state index contributed by atoms with van der Waals surface area (Å²) in [6.45, 7) is 4.67. The summed E-state index contributed by atoms with van der Waals surface area (Å²) < 4.78 is 6.29. The molecule has 1 nitrogen and oxygen atoms in total. The number of hydrogen-bond donors (Lipinski definition) is 0. The summed E-state index contributed by atoms with van der Waals surface area (Å²) >= 11 is 0. The molecule has 5 aromatic rings. The van der Waals surface area contributed by atoms with Crippen LogP contribution in [-0.2, 0) is 5.41 Å². The lowest BCUT2D eigenvalue weighted by Gasteiger charge is -2.24. The van der Waals surface area contributed by atoms with Gasteiger partial charge in [0, 0.05) is 16.4 Å². The van der Waals surface area contributed by atoms with Crippen LogP contribution in [0, 0.1) is 0 Å². The fourth-order valence-electron chi connectivity index (χ4n) is 5.70. The number of ether oxygens (including phenoxy) is 1. The first-order chi connectivity index (χ1) is 15.6. The van der Waals surface area contributed by atoms with Gasteiger partial charge in [0.1, 0.15) is 11.5 Å². The minimum atomic E-state index is -0.00364. The smallest absolute Gasteiger partial charge is 0.135 e. The SMILES string of the molecule is CC1(C)c2ccccc2-c2ccc(-c3ccc4c5c(cccc35)-c3ccccc3O4)cc21. The molecule has 0 spiro atoms. The summed E-state index contributed by atoms with van der Waals surface area (Å²) in [5.41, 5.74) is 10.4. The van der Waals surface area contributed by atoms with E-state index in [4.69, 9.17) is 4.74 Å². The molecular weight excluding hydrogens is 388 g/mol. The Morgan fingerprint density at radius 2 is 1.25 bits per heavy atom. The van der Waals surface area contributed by atoms with Gasteiger partial charge in [0.05, 0.1) is 0 Å². The predicted octanol–water partition coefficient (Wildman–Crippen LogP) is 8.59. The van der Waals surface area contributed by atoms with Gasteiger partial charge in [-0.2, -0.15) is 0 Å². The zero-order valence-electron chi connectivity index (χ0n) is 18.1. The lowest BCUT2D eigenvalue weighted by Crippen LogP contribution is -2.14. The van der Waals surface area contributed by atoms with Crippen LogP contribution in [-0.4, -0.2) is 0 Å². The lowest BCUT2D eigenvalue weighted by molar-refractivity contribution is 0.487. The van der Waals surface area contributed by atoms with E-state index in [1.54, 1.807) is 0 Å². The molecule has 0 bridgehead atoms. The van der Waals surface area contributed by atoms with E-state index in [2.05, 4.69) is 98.8 Å². The fraction of sp³-hybridized carbons (Fsp3) is 0.0968. The Hall–Kier alpha value is -3.84. The van der Waals surface area contributed by atoms with Crippen LogP contribution in [0.25, 0.3) is 44.2 Å². The van der Waals surface area contributed by atoms with Gasteiger partial charge in [0.2, 0.25) is 0 Å². The van der Waals surface area contributed by atoms with Crippen LogP contribution < -0.4 is 4.74 Å². The third kappa shape index (κ3) is 2.23. The number of rotatable bonds is 1. The Kier molecular flexibility index (Phi) is 3.40. The van der Waals surface area contributed by atoms with Crippen LogP contribution in [0.15, 0.2) is 97.1 Å². The Morgan fingerprint density at radius 3 is 2.16 bits per heavy atom. The third-order valence-electron chi connectivity index (χ3n) is 7.29. The van der Waals surface area contributed by atoms with Crippen molar-refractivity contribution in [1.82, 2.24) is 0 Å². The molecule has 1 aliphatic carbocycles. The van der Waals surface area contributed by atoms with Gasteiger partial charge in [-0.05, 0) is 62.5 Å². The first-order valence-electron chi connectivity index (χ1n) is 11.2. The maximum absolute atomic E-state index is 6.29. The van der Waals surface area contributed by atoms with Gasteiger partial charge >= 0.3 is 0 Å². The Bertz CT molecular complexity index is 1570. The minimum Gasteiger partial charge on any atom is -0.456 e. The summed E-state index contributed by atoms with van der Waals surface area (Å²) in [5.74, 6) is 1.87. The summed E-state index contributed by atoms with van der Waals surface area (Å²) in [6, 6.07) is 35.0. The monoisotopic (exact) mass is 410 g/mol. The summed E-state index contributed by atoms with van der Waals surface area (Å²) in [7, 11) is 0. The van der Waals surface area contributed by atoms with Crippen LogP contribution in [0.3, 0.4) is 0 Å². The van der Waals surface area contributed by atoms with Crippen molar-refractivity contribution in [3.05, 3.63) is 108 Å². The molecule has 0 amide bonds. The second-order valence-electron chi connectivity index (χ2n) is 9.37. The molecule has 0 aromatic heterocycles. The average Bonchev–Trinajstić information content (AvgIpc) is 3.06. The summed E-state index contributed by atoms with van der Waals surface area (Å²) in [4.78, 5) is 0. The molecular formula is C31H22O. The molecule has 0 unspecified atom stereocenters. The van der Waals surface area contributed by atoms with E-state index in [0.29, 0.717) is 0 Å². The predicted molar refractivity (Wildman–Crippen MR) is 132 cm³/mol. The highest BCUT2D eigenvalue weighted by Crippen LogP contribution is 2.51. The normalized spacial score (nSPS) is 14.4. The molecule has 0 radical (unpaired) electrons. The van der Waals surface area contributed by atoms with Gasteiger partial charge in [-0.3, -0.25) is 0 Å². The molecule has 1 heteroatoms. The quantitative estimate of drug-likeness (QED) is 0.264. The zero-order chi connectivity index (χ0) is 21.4. The van der Waals surface area contributed by atoms with Gasteiger partial charge in [-0.15, -0.1) is 0 Å². The van der Waals surface area contributed by atoms with Crippen LogP contribution in [0.4, 0.5) is 0 Å². The molecule has 5 aromatic carbocycles. The van der Waals surface area contributed by atoms with Crippen LogP contribution in [0.1, 0.15) is 25.0 Å². The molecule has 1 heterocycles. The first-order valence-corrected chi connectivity index (χ1v) is 11.2. The van der Waals surface area contributed by atoms with E-state index < -0.39 is 0 Å². The van der Waals surface area contributed by atoms with Crippen molar-refractivity contribution >= 4 is 10.8 Å². The summed E-state index contributed by atoms with van der Waals surface area (Å²) in [5, 5.41) is 2.44. The third-order valence-corrected chi connectivity index (χ3v) is 7.29. The molecule has 2 aliphatic rings. The zero-order valence-corrected chi connectivity index (χ0v) is 18.1. The van der Waals surface area contributed by atoms with E-state index in [-0.39, 0.29) is 5.41 Å². The van der Waals surface area contributed by atoms with Gasteiger partial charge in [0.15, 0.2) is 0 Å². The molecule has 152 valence electrons. The van der Waals surface area contributed by atoms with Crippen molar-refractivity contribution < 1.29 is 4.74 Å². The molecule has 7 rings (SSSR count). The van der Waals surface area contributed by atoms with E-state index >= 15 is 0 Å². The Balaban J connectivity index is 1.47. The Labute approximate surface area is 187 Å². The van der Waals surface area contributed by atoms with Crippen molar-refractivity contribution in [1.29, 1.82) is 0 Å². The van der Waals surface area contributed by atoms with E-state index in [1.807, 2.05) is 12.1 Å². The fourth-order valence-corrected chi connectivity index (χ4v) is 5.70. The molecule has 32 heavy (non-hydrogen) atoms. The van der Waals surface area contributed by atoms with Crippen LogP contribution in [0.5, 0.6) is 11.5 Å². The molecule has 1 aliphatic heterocycles. The topological polar surface area (TPSA) is 9.23 Å². The highest BCUT2D eigenvalue weighted by atomic mass is 16.5. The minimum absolute atomic E-state index is 0.00364. The summed E-state index contributed by atoms with van der Waals surface area (Å²) in [6.07, 6.45) is 0. The number of para-hydroxylation sites is 1. The van der Waals surface area contributed by atoms with Crippen molar-refractivity contribution in [3.8, 4) is 44.9 Å². The van der Waals surface area contributed by atoms with Crippen molar-refractivity contribution in [3.63, 3.8) is 0 Å². The van der Waals surface area contributed by atoms with Gasteiger partial charge in [-0.25, -0.2) is 0 Å². The second kappa shape index (κ2) is 6.11. The van der Waals surface area contributed by atoms with Gasteiger partial charge in [0.25, 0.3) is 0 Å². The van der Waals surface area contributed by atoms with Gasteiger partial charge < -0.3 is 4.74 Å². The van der Waals surface area contributed by atoms with Crippen molar-refractivity contribution in [2.24, 2.45) is 0 Å². The van der Waals surface area contributed by atoms with E-state index in [9.17, 15) is 0 Å². The average molecular weight is 411 g/mol. The molecule has 0 N–H and O–H groups in total. The lowest BCUT2D eigenvalue weighted by atomic mass is 9.81. The van der Waals surface area contributed by atoms with Crippen LogP contribution in [0.2, 0.25) is 0 Å². The standard InChI is InChI=1S/C31H22O/c1-31(2)26-12-5-3-8-21(26)22-15-14-19(18-27(22)31)20-16-17-29-30-24(20)10-7-11-25(30)23-9-4-6-13-28(23)32-29/h3-18H,1-2H3. The Morgan fingerprint density at radius 1 is 0.531 bits per heavy atom. The van der Waals surface area contributed by atoms with E-state index in [0.717, 1.165) is 17.1 Å². The number of hydrogen-bond acceptors (Lipinski definition) is 1.